The van der Waals surface area contributed by atoms with Gasteiger partial charge in [0, 0.05) is 19.6 Å². The molecule has 1 saturated heterocycles. The lowest BCUT2D eigenvalue weighted by molar-refractivity contribution is -0.146. The van der Waals surface area contributed by atoms with E-state index in [4.69, 9.17) is 10.5 Å². The number of carbonyl (C=O) groups excluding carboxylic acids is 1. The zero-order valence-corrected chi connectivity index (χ0v) is 11.8. The fraction of sp³-hybridized carbons (Fsp3) is 0.533. The summed E-state index contributed by atoms with van der Waals surface area (Å²) in [4.78, 5) is 14.2. The van der Waals surface area contributed by atoms with Crippen LogP contribution in [0.5, 0.6) is 0 Å². The Morgan fingerprint density at radius 1 is 1.40 bits per heavy atom. The molecule has 5 nitrogen and oxygen atoms in total. The fourth-order valence-corrected chi connectivity index (χ4v) is 2.55. The molecule has 1 aliphatic rings. The van der Waals surface area contributed by atoms with Crippen molar-refractivity contribution in [3.63, 3.8) is 0 Å². The van der Waals surface area contributed by atoms with Crippen LogP contribution >= 0.6 is 0 Å². The molecule has 1 amide bonds. The van der Waals surface area contributed by atoms with Crippen LogP contribution in [0.15, 0.2) is 24.3 Å². The molecule has 2 unspecified atom stereocenters. The molecule has 20 heavy (non-hydrogen) atoms. The molecule has 0 spiro atoms. The van der Waals surface area contributed by atoms with Crippen LogP contribution in [0.4, 0.5) is 0 Å². The standard InChI is InChI=1S/C15H22N2O3/c1-11-8-17(9-14(10-18)20-11)15(19)6-12-4-2-3-5-13(12)7-16/h2-5,11,14,18H,6-10,16H2,1H3. The monoisotopic (exact) mass is 278 g/mol. The highest BCUT2D eigenvalue weighted by Crippen LogP contribution is 2.15. The number of hydrogen-bond donors (Lipinski definition) is 2. The smallest absolute Gasteiger partial charge is 0.227 e. The third-order valence-corrected chi connectivity index (χ3v) is 3.56. The van der Waals surface area contributed by atoms with Crippen LogP contribution in [0, 0.1) is 0 Å². The Hall–Kier alpha value is -1.43. The summed E-state index contributed by atoms with van der Waals surface area (Å²) in [5.41, 5.74) is 7.67. The van der Waals surface area contributed by atoms with Crippen molar-refractivity contribution in [2.45, 2.75) is 32.1 Å². The van der Waals surface area contributed by atoms with Gasteiger partial charge in [0.25, 0.3) is 0 Å². The summed E-state index contributed by atoms with van der Waals surface area (Å²) < 4.78 is 5.55. The Balaban J connectivity index is 2.04. The van der Waals surface area contributed by atoms with E-state index in [2.05, 4.69) is 0 Å². The van der Waals surface area contributed by atoms with E-state index in [9.17, 15) is 9.90 Å². The number of amides is 1. The van der Waals surface area contributed by atoms with Crippen molar-refractivity contribution in [1.82, 2.24) is 4.90 Å². The maximum absolute atomic E-state index is 12.4. The van der Waals surface area contributed by atoms with Gasteiger partial charge in [-0.1, -0.05) is 24.3 Å². The van der Waals surface area contributed by atoms with Gasteiger partial charge in [0.05, 0.1) is 25.2 Å². The Labute approximate surface area is 119 Å². The molecular weight excluding hydrogens is 256 g/mol. The predicted octanol–water partition coefficient (Wildman–Crippen LogP) is 0.296. The second-order valence-corrected chi connectivity index (χ2v) is 5.20. The van der Waals surface area contributed by atoms with E-state index in [1.165, 1.54) is 0 Å². The molecule has 1 aliphatic heterocycles. The quantitative estimate of drug-likeness (QED) is 0.830. The number of rotatable bonds is 4. The van der Waals surface area contributed by atoms with Gasteiger partial charge in [-0.3, -0.25) is 4.79 Å². The van der Waals surface area contributed by atoms with Crippen molar-refractivity contribution in [2.24, 2.45) is 5.73 Å². The van der Waals surface area contributed by atoms with Gasteiger partial charge in [0.15, 0.2) is 0 Å². The minimum atomic E-state index is -0.285. The van der Waals surface area contributed by atoms with Gasteiger partial charge < -0.3 is 20.5 Å². The minimum absolute atomic E-state index is 0.0467. The van der Waals surface area contributed by atoms with E-state index >= 15 is 0 Å². The summed E-state index contributed by atoms with van der Waals surface area (Å²) in [7, 11) is 0. The molecule has 0 radical (unpaired) electrons. The van der Waals surface area contributed by atoms with Crippen LogP contribution in [0.3, 0.4) is 0 Å². The van der Waals surface area contributed by atoms with Gasteiger partial charge >= 0.3 is 0 Å². The van der Waals surface area contributed by atoms with Crippen molar-refractivity contribution >= 4 is 5.91 Å². The summed E-state index contributed by atoms with van der Waals surface area (Å²) >= 11 is 0. The highest BCUT2D eigenvalue weighted by Gasteiger charge is 2.27. The average molecular weight is 278 g/mol. The molecule has 5 heteroatoms. The van der Waals surface area contributed by atoms with Crippen LogP contribution in [-0.2, 0) is 22.5 Å². The first-order valence-corrected chi connectivity index (χ1v) is 6.95. The lowest BCUT2D eigenvalue weighted by atomic mass is 10.0. The molecule has 2 atom stereocenters. The van der Waals surface area contributed by atoms with E-state index in [-0.39, 0.29) is 24.7 Å². The molecule has 2 rings (SSSR count). The molecule has 0 bridgehead atoms. The van der Waals surface area contributed by atoms with E-state index < -0.39 is 0 Å². The van der Waals surface area contributed by atoms with Crippen LogP contribution in [0.2, 0.25) is 0 Å². The van der Waals surface area contributed by atoms with Crippen LogP contribution in [0.1, 0.15) is 18.1 Å². The van der Waals surface area contributed by atoms with Gasteiger partial charge in [0.2, 0.25) is 5.91 Å². The summed E-state index contributed by atoms with van der Waals surface area (Å²) in [6, 6.07) is 7.73. The second-order valence-electron chi connectivity index (χ2n) is 5.20. The topological polar surface area (TPSA) is 75.8 Å². The lowest BCUT2D eigenvalue weighted by Crippen LogP contribution is -2.50. The predicted molar refractivity (Wildman–Crippen MR) is 76.0 cm³/mol. The van der Waals surface area contributed by atoms with Gasteiger partial charge in [-0.2, -0.15) is 0 Å². The number of aliphatic hydroxyl groups is 1. The van der Waals surface area contributed by atoms with E-state index in [1.807, 2.05) is 31.2 Å². The number of morpholine rings is 1. The average Bonchev–Trinajstić information content (AvgIpc) is 2.47. The number of hydrogen-bond acceptors (Lipinski definition) is 4. The van der Waals surface area contributed by atoms with Gasteiger partial charge in [0.1, 0.15) is 0 Å². The largest absolute Gasteiger partial charge is 0.394 e. The molecule has 1 heterocycles. The highest BCUT2D eigenvalue weighted by molar-refractivity contribution is 5.79. The molecule has 1 aromatic carbocycles. The molecular formula is C15H22N2O3. The van der Waals surface area contributed by atoms with E-state index in [1.54, 1.807) is 4.90 Å². The number of carbonyl (C=O) groups is 1. The Bertz CT molecular complexity index is 464. The maximum Gasteiger partial charge on any atom is 0.227 e. The van der Waals surface area contributed by atoms with Crippen LogP contribution in [-0.4, -0.2) is 47.8 Å². The SMILES string of the molecule is CC1CN(C(=O)Cc2ccccc2CN)CC(CO)O1. The first kappa shape index (κ1) is 15.0. The number of ether oxygens (including phenoxy) is 1. The fourth-order valence-electron chi connectivity index (χ4n) is 2.55. The molecule has 0 saturated carbocycles. The van der Waals surface area contributed by atoms with Gasteiger partial charge in [-0.15, -0.1) is 0 Å². The normalized spacial score (nSPS) is 22.9. The zero-order valence-electron chi connectivity index (χ0n) is 11.8. The number of aliphatic hydroxyl groups excluding tert-OH is 1. The third kappa shape index (κ3) is 3.56. The molecule has 1 aromatic rings. The molecule has 1 fully saturated rings. The van der Waals surface area contributed by atoms with E-state index in [0.717, 1.165) is 11.1 Å². The van der Waals surface area contributed by atoms with Crippen molar-refractivity contribution in [3.05, 3.63) is 35.4 Å². The molecule has 110 valence electrons. The van der Waals surface area contributed by atoms with E-state index in [0.29, 0.717) is 26.1 Å². The van der Waals surface area contributed by atoms with Gasteiger partial charge in [-0.25, -0.2) is 0 Å². The van der Waals surface area contributed by atoms with Crippen LogP contribution in [0.25, 0.3) is 0 Å². The Kier molecular flexibility index (Phi) is 5.11. The van der Waals surface area contributed by atoms with Crippen molar-refractivity contribution in [3.8, 4) is 0 Å². The van der Waals surface area contributed by atoms with Gasteiger partial charge in [-0.05, 0) is 18.1 Å². The number of nitrogens with zero attached hydrogens (tertiary/aromatic N) is 1. The van der Waals surface area contributed by atoms with Crippen molar-refractivity contribution in [1.29, 1.82) is 0 Å². The maximum atomic E-state index is 12.4. The summed E-state index contributed by atoms with van der Waals surface area (Å²) in [5.74, 6) is 0.0551. The molecule has 0 aromatic heterocycles. The Morgan fingerprint density at radius 3 is 2.75 bits per heavy atom. The first-order valence-electron chi connectivity index (χ1n) is 6.95. The summed E-state index contributed by atoms with van der Waals surface area (Å²) in [6.07, 6.45) is 0.0140. The van der Waals surface area contributed by atoms with Crippen molar-refractivity contribution in [2.75, 3.05) is 19.7 Å². The minimum Gasteiger partial charge on any atom is -0.394 e. The third-order valence-electron chi connectivity index (χ3n) is 3.56. The molecule has 3 N–H and O–H groups in total. The number of benzene rings is 1. The van der Waals surface area contributed by atoms with Crippen molar-refractivity contribution < 1.29 is 14.6 Å². The summed E-state index contributed by atoms with van der Waals surface area (Å²) in [5, 5.41) is 9.20. The number of nitrogens with two attached hydrogens (primary N) is 1. The lowest BCUT2D eigenvalue weighted by Gasteiger charge is -2.36. The first-order chi connectivity index (χ1) is 9.63. The molecule has 0 aliphatic carbocycles. The Morgan fingerprint density at radius 2 is 2.10 bits per heavy atom. The summed E-state index contributed by atoms with van der Waals surface area (Å²) in [6.45, 7) is 3.30. The zero-order chi connectivity index (χ0) is 14.5. The van der Waals surface area contributed by atoms with Crippen LogP contribution < -0.4 is 5.73 Å². The second kappa shape index (κ2) is 6.83. The highest BCUT2D eigenvalue weighted by atomic mass is 16.5.